The molecule has 0 atom stereocenters. The molecule has 2 N–H and O–H groups in total. The Morgan fingerprint density at radius 1 is 1.10 bits per heavy atom. The normalized spacial score (nSPS) is 10.5. The molecule has 104 valence electrons. The molecule has 0 fully saturated rings. The van der Waals surface area contributed by atoms with Crippen LogP contribution in [0.1, 0.15) is 10.4 Å². The van der Waals surface area contributed by atoms with Crippen molar-refractivity contribution in [3.8, 4) is 22.8 Å². The summed E-state index contributed by atoms with van der Waals surface area (Å²) in [5, 5.41) is 12.7. The summed E-state index contributed by atoms with van der Waals surface area (Å²) in [7, 11) is 0. The Balaban J connectivity index is 1.92. The summed E-state index contributed by atoms with van der Waals surface area (Å²) in [6.45, 7) is 0. The lowest BCUT2D eigenvalue weighted by Crippen LogP contribution is -2.01. The average Bonchev–Trinajstić information content (AvgIpc) is 2.98. The van der Waals surface area contributed by atoms with E-state index in [0.29, 0.717) is 17.0 Å². The van der Waals surface area contributed by atoms with Gasteiger partial charge in [-0.15, -0.1) is 0 Å². The van der Waals surface area contributed by atoms with Gasteiger partial charge < -0.3 is 14.6 Å². The number of hydrogen-bond donors (Lipinski definition) is 2. The molecule has 0 spiro atoms. The van der Waals surface area contributed by atoms with Gasteiger partial charge in [0.2, 0.25) is 11.4 Å². The van der Waals surface area contributed by atoms with Crippen LogP contribution >= 0.6 is 0 Å². The molecule has 7 heteroatoms. The van der Waals surface area contributed by atoms with Crippen LogP contribution in [0.2, 0.25) is 0 Å². The van der Waals surface area contributed by atoms with Crippen LogP contribution in [-0.4, -0.2) is 26.2 Å². The highest BCUT2D eigenvalue weighted by Crippen LogP contribution is 2.21. The number of H-pyrrole nitrogens is 1. The molecule has 0 aliphatic rings. The second-order valence-corrected chi connectivity index (χ2v) is 4.25. The highest BCUT2D eigenvalue weighted by atomic mass is 16.5. The number of carboxylic acid groups (broad SMARTS) is 1. The molecule has 2 aromatic heterocycles. The zero-order chi connectivity index (χ0) is 14.8. The largest absolute Gasteiger partial charge is 0.478 e. The second kappa shape index (κ2) is 5.04. The lowest BCUT2D eigenvalue weighted by Gasteiger charge is -1.96. The van der Waals surface area contributed by atoms with Crippen molar-refractivity contribution in [3.63, 3.8) is 0 Å². The number of aromatic nitrogens is 3. The molecule has 3 rings (SSSR count). The van der Waals surface area contributed by atoms with Gasteiger partial charge in [-0.3, -0.25) is 4.79 Å². The zero-order valence-corrected chi connectivity index (χ0v) is 10.6. The number of carboxylic acids is 1. The number of carbonyl (C=O) groups is 1. The molecule has 0 aliphatic heterocycles. The Bertz CT molecular complexity index is 829. The van der Waals surface area contributed by atoms with E-state index in [9.17, 15) is 9.59 Å². The van der Waals surface area contributed by atoms with Crippen molar-refractivity contribution in [3.05, 3.63) is 58.5 Å². The van der Waals surface area contributed by atoms with Gasteiger partial charge in [0.1, 0.15) is 0 Å². The number of nitrogens with zero attached hydrogens (tertiary/aromatic N) is 2. The van der Waals surface area contributed by atoms with Gasteiger partial charge in [0.25, 0.3) is 5.89 Å². The summed E-state index contributed by atoms with van der Waals surface area (Å²) in [6, 6.07) is 9.07. The summed E-state index contributed by atoms with van der Waals surface area (Å²) >= 11 is 0. The smallest absolute Gasteiger partial charge is 0.335 e. The van der Waals surface area contributed by atoms with E-state index >= 15 is 0 Å². The van der Waals surface area contributed by atoms with Crippen molar-refractivity contribution < 1.29 is 14.4 Å². The third kappa shape index (κ3) is 2.57. The Morgan fingerprint density at radius 2 is 1.81 bits per heavy atom. The molecular weight excluding hydrogens is 274 g/mol. The molecule has 21 heavy (non-hydrogen) atoms. The predicted molar refractivity (Wildman–Crippen MR) is 72.8 cm³/mol. The Hall–Kier alpha value is -3.22. The van der Waals surface area contributed by atoms with E-state index in [4.69, 9.17) is 9.63 Å². The molecule has 3 aromatic rings. The summed E-state index contributed by atoms with van der Waals surface area (Å²) < 4.78 is 5.12. The van der Waals surface area contributed by atoms with Crippen LogP contribution in [0.3, 0.4) is 0 Å². The highest BCUT2D eigenvalue weighted by Gasteiger charge is 2.11. The first-order valence-corrected chi connectivity index (χ1v) is 6.00. The lowest BCUT2D eigenvalue weighted by molar-refractivity contribution is 0.0697. The highest BCUT2D eigenvalue weighted by molar-refractivity contribution is 5.88. The standard InChI is InChI=1S/C14H9N3O4/c18-11-6-5-10(7-15-11)13-16-12(17-21-13)8-1-3-9(4-2-8)14(19)20/h1-7H,(H,15,18)(H,19,20). The predicted octanol–water partition coefficient (Wildman–Crippen LogP) is 1.79. The fourth-order valence-electron chi connectivity index (χ4n) is 1.76. The molecule has 0 unspecified atom stereocenters. The van der Waals surface area contributed by atoms with Gasteiger partial charge in [-0.1, -0.05) is 17.3 Å². The van der Waals surface area contributed by atoms with Crippen LogP contribution in [0.25, 0.3) is 22.8 Å². The molecule has 0 saturated heterocycles. The minimum Gasteiger partial charge on any atom is -0.478 e. The summed E-state index contributed by atoms with van der Waals surface area (Å²) in [5.74, 6) is -0.389. The molecule has 0 amide bonds. The van der Waals surface area contributed by atoms with Crippen molar-refractivity contribution in [2.75, 3.05) is 0 Å². The fourth-order valence-corrected chi connectivity index (χ4v) is 1.76. The van der Waals surface area contributed by atoms with E-state index in [1.165, 1.54) is 24.4 Å². The van der Waals surface area contributed by atoms with Crippen LogP contribution < -0.4 is 5.56 Å². The third-order valence-corrected chi connectivity index (χ3v) is 2.85. The SMILES string of the molecule is O=C(O)c1ccc(-c2noc(-c3ccc(=O)[nH]c3)n2)cc1. The number of pyridine rings is 1. The third-order valence-electron chi connectivity index (χ3n) is 2.85. The number of nitrogens with one attached hydrogen (secondary N) is 1. The fraction of sp³-hybridized carbons (Fsp3) is 0. The van der Waals surface area contributed by atoms with Gasteiger partial charge in [0.15, 0.2) is 0 Å². The van der Waals surface area contributed by atoms with E-state index in [2.05, 4.69) is 15.1 Å². The number of aromatic amines is 1. The molecule has 1 aromatic carbocycles. The van der Waals surface area contributed by atoms with E-state index in [0.717, 1.165) is 0 Å². The number of hydrogen-bond acceptors (Lipinski definition) is 5. The van der Waals surface area contributed by atoms with Gasteiger partial charge in [0, 0.05) is 17.8 Å². The molecule has 2 heterocycles. The Labute approximate surface area is 117 Å². The zero-order valence-electron chi connectivity index (χ0n) is 10.6. The van der Waals surface area contributed by atoms with Crippen molar-refractivity contribution >= 4 is 5.97 Å². The van der Waals surface area contributed by atoms with Gasteiger partial charge in [-0.25, -0.2) is 4.79 Å². The molecule has 0 bridgehead atoms. The molecular formula is C14H9N3O4. The second-order valence-electron chi connectivity index (χ2n) is 4.25. The summed E-state index contributed by atoms with van der Waals surface area (Å²) in [6.07, 6.45) is 1.48. The van der Waals surface area contributed by atoms with Crippen molar-refractivity contribution in [2.24, 2.45) is 0 Å². The number of benzene rings is 1. The average molecular weight is 283 g/mol. The maximum absolute atomic E-state index is 11.0. The Kier molecular flexibility index (Phi) is 3.07. The maximum atomic E-state index is 11.0. The van der Waals surface area contributed by atoms with Crippen LogP contribution in [0.15, 0.2) is 51.9 Å². The maximum Gasteiger partial charge on any atom is 0.335 e. The van der Waals surface area contributed by atoms with Crippen LogP contribution in [-0.2, 0) is 0 Å². The lowest BCUT2D eigenvalue weighted by atomic mass is 10.1. The topological polar surface area (TPSA) is 109 Å². The number of aromatic carboxylic acids is 1. The molecule has 0 radical (unpaired) electrons. The minimum absolute atomic E-state index is 0.183. The molecule has 0 aliphatic carbocycles. The Morgan fingerprint density at radius 3 is 2.43 bits per heavy atom. The molecule has 7 nitrogen and oxygen atoms in total. The first-order valence-electron chi connectivity index (χ1n) is 6.00. The van der Waals surface area contributed by atoms with E-state index in [1.807, 2.05) is 0 Å². The van der Waals surface area contributed by atoms with E-state index in [-0.39, 0.29) is 17.0 Å². The van der Waals surface area contributed by atoms with Gasteiger partial charge in [-0.05, 0) is 18.2 Å². The van der Waals surface area contributed by atoms with Crippen molar-refractivity contribution in [2.45, 2.75) is 0 Å². The number of rotatable bonds is 3. The first kappa shape index (κ1) is 12.8. The monoisotopic (exact) mass is 283 g/mol. The van der Waals surface area contributed by atoms with Gasteiger partial charge in [-0.2, -0.15) is 4.98 Å². The van der Waals surface area contributed by atoms with Crippen LogP contribution in [0, 0.1) is 0 Å². The van der Waals surface area contributed by atoms with Crippen LogP contribution in [0.4, 0.5) is 0 Å². The summed E-state index contributed by atoms with van der Waals surface area (Å²) in [4.78, 5) is 28.5. The van der Waals surface area contributed by atoms with Crippen LogP contribution in [0.5, 0.6) is 0 Å². The minimum atomic E-state index is -0.997. The van der Waals surface area contributed by atoms with Gasteiger partial charge in [0.05, 0.1) is 11.1 Å². The summed E-state index contributed by atoms with van der Waals surface area (Å²) in [5.41, 5.74) is 1.20. The quantitative estimate of drug-likeness (QED) is 0.758. The van der Waals surface area contributed by atoms with Gasteiger partial charge >= 0.3 is 5.97 Å². The van der Waals surface area contributed by atoms with E-state index < -0.39 is 5.97 Å². The van der Waals surface area contributed by atoms with Crippen molar-refractivity contribution in [1.29, 1.82) is 0 Å². The van der Waals surface area contributed by atoms with Crippen molar-refractivity contribution in [1.82, 2.24) is 15.1 Å². The van der Waals surface area contributed by atoms with E-state index in [1.54, 1.807) is 18.2 Å². The first-order chi connectivity index (χ1) is 10.1. The molecule has 0 saturated carbocycles.